The van der Waals surface area contributed by atoms with Crippen molar-refractivity contribution in [2.45, 2.75) is 36.1 Å². The van der Waals surface area contributed by atoms with Crippen molar-refractivity contribution in [3.05, 3.63) is 12.4 Å². The van der Waals surface area contributed by atoms with E-state index in [-0.39, 0.29) is 4.90 Å². The summed E-state index contributed by atoms with van der Waals surface area (Å²) in [5.74, 6) is 0.312. The quantitative estimate of drug-likeness (QED) is 0.843. The molecule has 1 aliphatic rings. The molecule has 1 aromatic rings. The Morgan fingerprint density at radius 3 is 2.65 bits per heavy atom. The van der Waals surface area contributed by atoms with E-state index in [1.807, 2.05) is 0 Å². The van der Waals surface area contributed by atoms with Gasteiger partial charge in [-0.15, -0.1) is 11.6 Å². The second-order valence-electron chi connectivity index (χ2n) is 4.58. The van der Waals surface area contributed by atoms with Crippen LogP contribution in [0.4, 0.5) is 0 Å². The predicted molar refractivity (Wildman–Crippen MR) is 65.4 cm³/mol. The lowest BCUT2D eigenvalue weighted by atomic mass is 10.0. The number of alkyl halides is 1. The molecule has 0 saturated heterocycles. The lowest BCUT2D eigenvalue weighted by molar-refractivity contribution is 0.433. The molecule has 1 fully saturated rings. The third-order valence-electron chi connectivity index (χ3n) is 3.16. The zero-order chi connectivity index (χ0) is 12.5. The summed E-state index contributed by atoms with van der Waals surface area (Å²) in [5, 5.41) is 3.87. The Morgan fingerprint density at radius 1 is 1.53 bits per heavy atom. The molecule has 0 unspecified atom stereocenters. The number of aromatic nitrogens is 2. The molecule has 0 aromatic carbocycles. The Hall–Kier alpha value is -0.590. The van der Waals surface area contributed by atoms with Crippen molar-refractivity contribution in [1.29, 1.82) is 0 Å². The minimum absolute atomic E-state index is 0.191. The van der Waals surface area contributed by atoms with Gasteiger partial charge in [-0.3, -0.25) is 4.68 Å². The van der Waals surface area contributed by atoms with Crippen molar-refractivity contribution in [2.24, 2.45) is 7.05 Å². The van der Waals surface area contributed by atoms with Gasteiger partial charge in [0.25, 0.3) is 0 Å². The van der Waals surface area contributed by atoms with Gasteiger partial charge in [-0.2, -0.15) is 5.10 Å². The number of sulfonamides is 1. The first-order chi connectivity index (χ1) is 7.97. The highest BCUT2D eigenvalue weighted by Crippen LogP contribution is 2.32. The van der Waals surface area contributed by atoms with E-state index in [0.717, 1.165) is 25.7 Å². The summed E-state index contributed by atoms with van der Waals surface area (Å²) in [6.07, 6.45) is 6.47. The zero-order valence-electron chi connectivity index (χ0n) is 9.69. The van der Waals surface area contributed by atoms with Gasteiger partial charge >= 0.3 is 0 Å². The lowest BCUT2D eigenvalue weighted by Gasteiger charge is -2.26. The molecule has 1 aliphatic carbocycles. The SMILES string of the molecule is Cn1cc(S(=O)(=O)NC2(CCl)CCCC2)cn1. The highest BCUT2D eigenvalue weighted by atomic mass is 35.5. The van der Waals surface area contributed by atoms with Gasteiger partial charge in [0.1, 0.15) is 4.90 Å². The van der Waals surface area contributed by atoms with Gasteiger partial charge in [0.15, 0.2) is 0 Å². The number of nitrogens with one attached hydrogen (secondary N) is 1. The Morgan fingerprint density at radius 2 is 2.18 bits per heavy atom. The molecule has 17 heavy (non-hydrogen) atoms. The molecular formula is C10H16ClN3O2S. The highest BCUT2D eigenvalue weighted by molar-refractivity contribution is 7.89. The van der Waals surface area contributed by atoms with Gasteiger partial charge in [0, 0.05) is 24.7 Å². The molecule has 1 aromatic heterocycles. The van der Waals surface area contributed by atoms with E-state index in [1.165, 1.54) is 17.1 Å². The van der Waals surface area contributed by atoms with E-state index in [2.05, 4.69) is 9.82 Å². The Bertz CT molecular complexity index is 491. The molecule has 0 bridgehead atoms. The van der Waals surface area contributed by atoms with Crippen LogP contribution in [0.3, 0.4) is 0 Å². The minimum Gasteiger partial charge on any atom is -0.274 e. The van der Waals surface area contributed by atoms with Gasteiger partial charge in [0.05, 0.1) is 6.20 Å². The smallest absolute Gasteiger partial charge is 0.244 e. The van der Waals surface area contributed by atoms with Crippen molar-refractivity contribution in [3.8, 4) is 0 Å². The maximum Gasteiger partial charge on any atom is 0.244 e. The molecule has 5 nitrogen and oxygen atoms in total. The maximum absolute atomic E-state index is 12.1. The van der Waals surface area contributed by atoms with Crippen LogP contribution in [0.1, 0.15) is 25.7 Å². The van der Waals surface area contributed by atoms with E-state index >= 15 is 0 Å². The summed E-state index contributed by atoms with van der Waals surface area (Å²) in [6.45, 7) is 0. The monoisotopic (exact) mass is 277 g/mol. The third-order valence-corrected chi connectivity index (χ3v) is 5.20. The van der Waals surface area contributed by atoms with Crippen molar-refractivity contribution in [2.75, 3.05) is 5.88 Å². The van der Waals surface area contributed by atoms with Crippen LogP contribution in [0, 0.1) is 0 Å². The van der Waals surface area contributed by atoms with Gasteiger partial charge in [-0.25, -0.2) is 13.1 Å². The van der Waals surface area contributed by atoms with Crippen LogP contribution in [0.25, 0.3) is 0 Å². The molecular weight excluding hydrogens is 262 g/mol. The Labute approximate surface area is 106 Å². The number of halogens is 1. The van der Waals surface area contributed by atoms with Crippen LogP contribution in [0.2, 0.25) is 0 Å². The fourth-order valence-electron chi connectivity index (χ4n) is 2.20. The first-order valence-electron chi connectivity index (χ1n) is 5.56. The third kappa shape index (κ3) is 2.64. The van der Waals surface area contributed by atoms with Gasteiger partial charge < -0.3 is 0 Å². The van der Waals surface area contributed by atoms with Crippen molar-refractivity contribution in [3.63, 3.8) is 0 Å². The van der Waals surface area contributed by atoms with E-state index < -0.39 is 15.6 Å². The summed E-state index contributed by atoms with van der Waals surface area (Å²) in [6, 6.07) is 0. The average molecular weight is 278 g/mol. The van der Waals surface area contributed by atoms with Gasteiger partial charge in [-0.05, 0) is 12.8 Å². The van der Waals surface area contributed by atoms with E-state index in [9.17, 15) is 8.42 Å². The highest BCUT2D eigenvalue weighted by Gasteiger charge is 2.37. The standard InChI is InChI=1S/C10H16ClN3O2S/c1-14-7-9(6-12-14)17(15,16)13-10(8-11)4-2-3-5-10/h6-7,13H,2-5,8H2,1H3. The summed E-state index contributed by atoms with van der Waals surface area (Å²) >= 11 is 5.92. The predicted octanol–water partition coefficient (Wildman–Crippen LogP) is 1.25. The number of nitrogens with zero attached hydrogens (tertiary/aromatic N) is 2. The molecule has 96 valence electrons. The largest absolute Gasteiger partial charge is 0.274 e. The van der Waals surface area contributed by atoms with E-state index in [1.54, 1.807) is 7.05 Å². The van der Waals surface area contributed by atoms with Crippen LogP contribution >= 0.6 is 11.6 Å². The van der Waals surface area contributed by atoms with Gasteiger partial charge in [0.2, 0.25) is 10.0 Å². The topological polar surface area (TPSA) is 64.0 Å². The first-order valence-corrected chi connectivity index (χ1v) is 7.58. The summed E-state index contributed by atoms with van der Waals surface area (Å²) in [5.41, 5.74) is -0.476. The summed E-state index contributed by atoms with van der Waals surface area (Å²) in [4.78, 5) is 0.191. The maximum atomic E-state index is 12.1. The van der Waals surface area contributed by atoms with Crippen molar-refractivity contribution in [1.82, 2.24) is 14.5 Å². The molecule has 1 N–H and O–H groups in total. The normalized spacial score (nSPS) is 19.6. The van der Waals surface area contributed by atoms with E-state index in [4.69, 9.17) is 11.6 Å². The molecule has 1 heterocycles. The molecule has 0 spiro atoms. The number of aryl methyl sites for hydroxylation is 1. The lowest BCUT2D eigenvalue weighted by Crippen LogP contribution is -2.47. The molecule has 0 amide bonds. The van der Waals surface area contributed by atoms with Crippen molar-refractivity contribution < 1.29 is 8.42 Å². The number of hydrogen-bond acceptors (Lipinski definition) is 3. The number of hydrogen-bond donors (Lipinski definition) is 1. The molecule has 7 heteroatoms. The van der Waals surface area contributed by atoms with Crippen molar-refractivity contribution >= 4 is 21.6 Å². The molecule has 1 saturated carbocycles. The summed E-state index contributed by atoms with van der Waals surface area (Å²) in [7, 11) is -1.82. The Balaban J connectivity index is 2.22. The molecule has 2 rings (SSSR count). The Kier molecular flexibility index (Phi) is 3.47. The number of rotatable bonds is 4. The molecule has 0 aliphatic heterocycles. The van der Waals surface area contributed by atoms with Crippen LogP contribution in [0.15, 0.2) is 17.3 Å². The average Bonchev–Trinajstić information content (AvgIpc) is 2.87. The first kappa shape index (κ1) is 12.9. The zero-order valence-corrected chi connectivity index (χ0v) is 11.3. The van der Waals surface area contributed by atoms with Crippen LogP contribution in [0.5, 0.6) is 0 Å². The van der Waals surface area contributed by atoms with E-state index in [0.29, 0.717) is 5.88 Å². The fourth-order valence-corrected chi connectivity index (χ4v) is 4.05. The summed E-state index contributed by atoms with van der Waals surface area (Å²) < 4.78 is 28.5. The molecule has 0 radical (unpaired) electrons. The van der Waals surface area contributed by atoms with Crippen LogP contribution in [-0.2, 0) is 17.1 Å². The fraction of sp³-hybridized carbons (Fsp3) is 0.700. The molecule has 0 atom stereocenters. The van der Waals surface area contributed by atoms with Gasteiger partial charge in [-0.1, -0.05) is 12.8 Å². The van der Waals surface area contributed by atoms with Crippen LogP contribution in [-0.4, -0.2) is 29.6 Å². The van der Waals surface area contributed by atoms with Crippen LogP contribution < -0.4 is 4.72 Å². The second-order valence-corrected chi connectivity index (χ2v) is 6.53. The minimum atomic E-state index is -3.51. The second kappa shape index (κ2) is 4.59.